The first-order valence-electron chi connectivity index (χ1n) is 6.72. The van der Waals surface area contributed by atoms with E-state index in [-0.39, 0.29) is 17.5 Å². The van der Waals surface area contributed by atoms with Crippen molar-refractivity contribution in [2.24, 2.45) is 10.8 Å². The maximum atomic E-state index is 13.4. The molecule has 0 bridgehead atoms. The zero-order valence-electron chi connectivity index (χ0n) is 11.8. The van der Waals surface area contributed by atoms with Crippen molar-refractivity contribution in [3.8, 4) is 11.8 Å². The van der Waals surface area contributed by atoms with Crippen LogP contribution in [0.4, 0.5) is 10.1 Å². The van der Waals surface area contributed by atoms with Gasteiger partial charge in [-0.3, -0.25) is 10.8 Å². The Kier molecular flexibility index (Phi) is 5.27. The quantitative estimate of drug-likeness (QED) is 0.419. The Morgan fingerprint density at radius 1 is 1.64 bits per heavy atom. The molecule has 2 rings (SSSR count). The zero-order chi connectivity index (χ0) is 15.9. The molecule has 1 heterocycles. The summed E-state index contributed by atoms with van der Waals surface area (Å²) < 4.78 is 24.4. The Bertz CT molecular complexity index is 620. The number of hydrogen-bond acceptors (Lipinski definition) is 6. The number of hydrogen-bond donors (Lipinski definition) is 3. The third-order valence-electron chi connectivity index (χ3n) is 3.04. The van der Waals surface area contributed by atoms with E-state index in [9.17, 15) is 4.39 Å². The lowest BCUT2D eigenvalue weighted by molar-refractivity contribution is 0.0682. The molecular weight excluding hydrogens is 289 g/mol. The van der Waals surface area contributed by atoms with E-state index in [1.807, 2.05) is 0 Å². The van der Waals surface area contributed by atoms with E-state index in [1.54, 1.807) is 6.07 Å². The lowest BCUT2D eigenvalue weighted by atomic mass is 10.2. The summed E-state index contributed by atoms with van der Waals surface area (Å²) in [5, 5.41) is 19.6. The number of halogens is 1. The highest BCUT2D eigenvalue weighted by molar-refractivity contribution is 6.45. The predicted molar refractivity (Wildman–Crippen MR) is 79.5 cm³/mol. The molecule has 1 aliphatic rings. The largest absolute Gasteiger partial charge is 0.489 e. The number of amidine groups is 1. The molecule has 0 aliphatic carbocycles. The molecule has 0 spiro atoms. The number of anilines is 1. The van der Waals surface area contributed by atoms with Crippen molar-refractivity contribution < 1.29 is 13.9 Å². The SMILES string of the molecule is N#C/C(=N\Nc1cc(F)ccc1OCC1CCCO1)C(=N)N. The number of benzene rings is 1. The molecule has 0 saturated carbocycles. The van der Waals surface area contributed by atoms with Crippen LogP contribution in [0, 0.1) is 22.6 Å². The minimum Gasteiger partial charge on any atom is -0.489 e. The Morgan fingerprint density at radius 3 is 3.09 bits per heavy atom. The van der Waals surface area contributed by atoms with Gasteiger partial charge in [-0.15, -0.1) is 0 Å². The van der Waals surface area contributed by atoms with Crippen LogP contribution in [0.15, 0.2) is 23.3 Å². The Labute approximate surface area is 127 Å². The molecule has 0 aromatic heterocycles. The van der Waals surface area contributed by atoms with Crippen molar-refractivity contribution in [1.82, 2.24) is 0 Å². The topological polar surface area (TPSA) is 117 Å². The number of ether oxygens (including phenoxy) is 2. The molecule has 8 heteroatoms. The van der Waals surface area contributed by atoms with Crippen LogP contribution in [-0.4, -0.2) is 30.9 Å². The first kappa shape index (κ1) is 15.7. The fraction of sp³-hybridized carbons (Fsp3) is 0.357. The van der Waals surface area contributed by atoms with Gasteiger partial charge in [-0.1, -0.05) is 0 Å². The minimum absolute atomic E-state index is 0.0216. The zero-order valence-corrected chi connectivity index (χ0v) is 11.8. The van der Waals surface area contributed by atoms with Crippen LogP contribution >= 0.6 is 0 Å². The molecule has 1 saturated heterocycles. The van der Waals surface area contributed by atoms with E-state index >= 15 is 0 Å². The minimum atomic E-state index is -0.483. The van der Waals surface area contributed by atoms with Gasteiger partial charge < -0.3 is 15.2 Å². The smallest absolute Gasteiger partial charge is 0.201 e. The predicted octanol–water partition coefficient (Wildman–Crippen LogP) is 1.61. The van der Waals surface area contributed by atoms with Crippen LogP contribution in [0.1, 0.15) is 12.8 Å². The summed E-state index contributed by atoms with van der Waals surface area (Å²) in [5.74, 6) is -0.585. The monoisotopic (exact) mass is 305 g/mol. The Morgan fingerprint density at radius 2 is 2.45 bits per heavy atom. The number of hydrazone groups is 1. The van der Waals surface area contributed by atoms with Crippen molar-refractivity contribution >= 4 is 17.2 Å². The van der Waals surface area contributed by atoms with Crippen molar-refractivity contribution in [1.29, 1.82) is 10.7 Å². The summed E-state index contributed by atoms with van der Waals surface area (Å²) >= 11 is 0. The van der Waals surface area contributed by atoms with Crippen LogP contribution in [0.25, 0.3) is 0 Å². The van der Waals surface area contributed by atoms with Crippen LogP contribution in [-0.2, 0) is 4.74 Å². The lowest BCUT2D eigenvalue weighted by Crippen LogP contribution is -2.22. The third kappa shape index (κ3) is 4.17. The van der Waals surface area contributed by atoms with E-state index in [2.05, 4.69) is 10.5 Å². The summed E-state index contributed by atoms with van der Waals surface area (Å²) in [5.41, 5.74) is 7.64. The van der Waals surface area contributed by atoms with E-state index in [4.69, 9.17) is 25.9 Å². The Balaban J connectivity index is 2.09. The van der Waals surface area contributed by atoms with Crippen molar-refractivity contribution in [3.05, 3.63) is 24.0 Å². The molecule has 22 heavy (non-hydrogen) atoms. The van der Waals surface area contributed by atoms with Gasteiger partial charge in [-0.25, -0.2) is 4.39 Å². The van der Waals surface area contributed by atoms with E-state index < -0.39 is 11.7 Å². The van der Waals surface area contributed by atoms with E-state index in [0.717, 1.165) is 19.4 Å². The molecule has 1 aromatic rings. The molecule has 7 nitrogen and oxygen atoms in total. The van der Waals surface area contributed by atoms with Crippen LogP contribution in [0.2, 0.25) is 0 Å². The van der Waals surface area contributed by atoms with Gasteiger partial charge in [0.25, 0.3) is 0 Å². The molecule has 116 valence electrons. The van der Waals surface area contributed by atoms with Gasteiger partial charge in [0.1, 0.15) is 29.9 Å². The maximum absolute atomic E-state index is 13.4. The lowest BCUT2D eigenvalue weighted by Gasteiger charge is -2.14. The van der Waals surface area contributed by atoms with Gasteiger partial charge in [0.15, 0.2) is 5.84 Å². The van der Waals surface area contributed by atoms with Crippen molar-refractivity contribution in [3.63, 3.8) is 0 Å². The number of nitrogens with one attached hydrogen (secondary N) is 2. The molecule has 0 radical (unpaired) electrons. The van der Waals surface area contributed by atoms with Crippen LogP contribution in [0.3, 0.4) is 0 Å². The van der Waals surface area contributed by atoms with E-state index in [0.29, 0.717) is 12.4 Å². The summed E-state index contributed by atoms with van der Waals surface area (Å²) in [6.07, 6.45) is 1.94. The molecule has 1 atom stereocenters. The summed E-state index contributed by atoms with van der Waals surface area (Å²) in [6, 6.07) is 5.57. The van der Waals surface area contributed by atoms with Crippen LogP contribution < -0.4 is 15.9 Å². The second kappa shape index (κ2) is 7.38. The average molecular weight is 305 g/mol. The normalized spacial score (nSPS) is 17.8. The summed E-state index contributed by atoms with van der Waals surface area (Å²) in [6.45, 7) is 1.07. The average Bonchev–Trinajstić information content (AvgIpc) is 3.00. The molecule has 1 unspecified atom stereocenters. The maximum Gasteiger partial charge on any atom is 0.201 e. The highest BCUT2D eigenvalue weighted by Crippen LogP contribution is 2.26. The van der Waals surface area contributed by atoms with Crippen molar-refractivity contribution in [2.45, 2.75) is 18.9 Å². The summed E-state index contributed by atoms with van der Waals surface area (Å²) in [4.78, 5) is 0. The molecular formula is C14H16FN5O2. The molecule has 1 aromatic carbocycles. The van der Waals surface area contributed by atoms with Crippen molar-refractivity contribution in [2.75, 3.05) is 18.6 Å². The number of nitrogens with zero attached hydrogens (tertiary/aromatic N) is 2. The number of rotatable bonds is 6. The van der Waals surface area contributed by atoms with Gasteiger partial charge >= 0.3 is 0 Å². The fourth-order valence-electron chi connectivity index (χ4n) is 1.94. The van der Waals surface area contributed by atoms with Crippen LogP contribution in [0.5, 0.6) is 5.75 Å². The molecule has 0 amide bonds. The molecule has 4 N–H and O–H groups in total. The van der Waals surface area contributed by atoms with Gasteiger partial charge in [0.2, 0.25) is 5.71 Å². The van der Waals surface area contributed by atoms with Gasteiger partial charge in [0.05, 0.1) is 6.10 Å². The second-order valence-corrected chi connectivity index (χ2v) is 4.68. The standard InChI is InChI=1S/C14H16FN5O2/c15-9-3-4-13(22-8-10-2-1-5-21-10)11(6-9)19-20-12(7-16)14(17)18/h3-4,6,10,19H,1-2,5,8H2,(H3,17,18)/b20-12+. The third-order valence-corrected chi connectivity index (χ3v) is 3.04. The highest BCUT2D eigenvalue weighted by atomic mass is 19.1. The molecule has 1 aliphatic heterocycles. The number of nitrogens with two attached hydrogens (primary N) is 1. The first-order chi connectivity index (χ1) is 10.6. The van der Waals surface area contributed by atoms with Gasteiger partial charge in [-0.05, 0) is 25.0 Å². The summed E-state index contributed by atoms with van der Waals surface area (Å²) in [7, 11) is 0. The first-order valence-corrected chi connectivity index (χ1v) is 6.72. The Hall–Kier alpha value is -2.66. The van der Waals surface area contributed by atoms with E-state index in [1.165, 1.54) is 18.2 Å². The number of nitriles is 1. The molecule has 1 fully saturated rings. The van der Waals surface area contributed by atoms with Gasteiger partial charge in [0, 0.05) is 12.7 Å². The second-order valence-electron chi connectivity index (χ2n) is 4.68. The fourth-order valence-corrected chi connectivity index (χ4v) is 1.94. The van der Waals surface area contributed by atoms with Gasteiger partial charge in [-0.2, -0.15) is 10.4 Å². The highest BCUT2D eigenvalue weighted by Gasteiger charge is 2.17.